The van der Waals surface area contributed by atoms with Gasteiger partial charge in [-0.3, -0.25) is 0 Å². The highest BCUT2D eigenvalue weighted by Gasteiger charge is 2.05. The predicted octanol–water partition coefficient (Wildman–Crippen LogP) is 3.92. The summed E-state index contributed by atoms with van der Waals surface area (Å²) in [6.45, 7) is 6.55. The molecule has 1 N–H and O–H groups in total. The molecule has 0 spiro atoms. The Morgan fingerprint density at radius 2 is 1.85 bits per heavy atom. The smallest absolute Gasteiger partial charge is 0.146 e. The minimum atomic E-state index is 0.477. The minimum Gasteiger partial charge on any atom is -0.485 e. The van der Waals surface area contributed by atoms with E-state index < -0.39 is 0 Å². The van der Waals surface area contributed by atoms with Crippen molar-refractivity contribution in [2.24, 2.45) is 0 Å². The van der Waals surface area contributed by atoms with Crippen LogP contribution in [0.4, 0.5) is 0 Å². The molecule has 0 aliphatic rings. The number of aryl methyl sites for hydroxylation is 1. The Hall–Kier alpha value is -1.74. The Kier molecular flexibility index (Phi) is 5.69. The molecular formula is C17H23NO2. The summed E-state index contributed by atoms with van der Waals surface area (Å²) < 4.78 is 11.6. The average molecular weight is 273 g/mol. The minimum absolute atomic E-state index is 0.477. The van der Waals surface area contributed by atoms with Gasteiger partial charge in [-0.15, -0.1) is 0 Å². The van der Waals surface area contributed by atoms with Crippen molar-refractivity contribution in [2.45, 2.75) is 39.8 Å². The van der Waals surface area contributed by atoms with E-state index in [0.717, 1.165) is 43.2 Å². The number of nitrogens with one attached hydrogen (secondary N) is 1. The number of rotatable bonds is 8. The molecule has 3 nitrogen and oxygen atoms in total. The molecule has 0 amide bonds. The Morgan fingerprint density at radius 3 is 2.65 bits per heavy atom. The molecule has 0 saturated heterocycles. The van der Waals surface area contributed by atoms with Gasteiger partial charge < -0.3 is 14.5 Å². The zero-order valence-electron chi connectivity index (χ0n) is 12.3. The first-order valence-electron chi connectivity index (χ1n) is 7.32. The quantitative estimate of drug-likeness (QED) is 0.740. The number of hydrogen-bond donors (Lipinski definition) is 1. The van der Waals surface area contributed by atoms with Crippen molar-refractivity contribution in [3.63, 3.8) is 0 Å². The Labute approximate surface area is 121 Å². The summed E-state index contributed by atoms with van der Waals surface area (Å²) in [5, 5.41) is 3.32. The fourth-order valence-corrected chi connectivity index (χ4v) is 2.07. The monoisotopic (exact) mass is 273 g/mol. The summed E-state index contributed by atoms with van der Waals surface area (Å²) in [4.78, 5) is 0. The van der Waals surface area contributed by atoms with Crippen molar-refractivity contribution in [1.82, 2.24) is 5.32 Å². The number of furan rings is 1. The lowest BCUT2D eigenvalue weighted by molar-refractivity contribution is 0.263. The Balaban J connectivity index is 1.87. The van der Waals surface area contributed by atoms with Crippen molar-refractivity contribution in [3.05, 3.63) is 53.5 Å². The van der Waals surface area contributed by atoms with E-state index in [1.807, 2.05) is 30.3 Å². The molecule has 0 bridgehead atoms. The summed E-state index contributed by atoms with van der Waals surface area (Å²) >= 11 is 0. The number of hydrogen-bond acceptors (Lipinski definition) is 3. The Bertz CT molecular complexity index is 519. The van der Waals surface area contributed by atoms with Crippen molar-refractivity contribution in [1.29, 1.82) is 0 Å². The maximum atomic E-state index is 5.84. The second-order valence-electron chi connectivity index (χ2n) is 4.79. The topological polar surface area (TPSA) is 34.4 Å². The van der Waals surface area contributed by atoms with Crippen molar-refractivity contribution < 1.29 is 9.15 Å². The molecule has 20 heavy (non-hydrogen) atoms. The van der Waals surface area contributed by atoms with E-state index in [-0.39, 0.29) is 0 Å². The molecule has 0 saturated carbocycles. The first kappa shape index (κ1) is 14.7. The standard InChI is InChI=1S/C17H23NO2/c1-3-11-18-12-15-9-10-16(20-15)13-19-17-8-6-5-7-14(17)4-2/h5-10,18H,3-4,11-13H2,1-2H3. The van der Waals surface area contributed by atoms with E-state index in [9.17, 15) is 0 Å². The highest BCUT2D eigenvalue weighted by atomic mass is 16.5. The second-order valence-corrected chi connectivity index (χ2v) is 4.79. The van der Waals surface area contributed by atoms with Crippen molar-refractivity contribution in [2.75, 3.05) is 6.54 Å². The van der Waals surface area contributed by atoms with Crippen LogP contribution >= 0.6 is 0 Å². The second kappa shape index (κ2) is 7.75. The molecule has 0 atom stereocenters. The zero-order chi connectivity index (χ0) is 14.2. The van der Waals surface area contributed by atoms with E-state index in [4.69, 9.17) is 9.15 Å². The van der Waals surface area contributed by atoms with Gasteiger partial charge in [0.15, 0.2) is 0 Å². The van der Waals surface area contributed by atoms with Gasteiger partial charge in [0.2, 0.25) is 0 Å². The molecule has 108 valence electrons. The third-order valence-corrected chi connectivity index (χ3v) is 3.17. The summed E-state index contributed by atoms with van der Waals surface area (Å²) in [6.07, 6.45) is 2.10. The highest BCUT2D eigenvalue weighted by molar-refractivity contribution is 5.33. The predicted molar refractivity (Wildman–Crippen MR) is 80.9 cm³/mol. The molecule has 0 radical (unpaired) electrons. The van der Waals surface area contributed by atoms with Gasteiger partial charge in [0.25, 0.3) is 0 Å². The van der Waals surface area contributed by atoms with Crippen LogP contribution in [0.2, 0.25) is 0 Å². The Morgan fingerprint density at radius 1 is 1.05 bits per heavy atom. The lowest BCUT2D eigenvalue weighted by Crippen LogP contribution is -2.13. The van der Waals surface area contributed by atoms with Crippen LogP contribution in [0.25, 0.3) is 0 Å². The van der Waals surface area contributed by atoms with Gasteiger partial charge in [0, 0.05) is 0 Å². The molecule has 0 fully saturated rings. The van der Waals surface area contributed by atoms with Crippen LogP contribution in [0.15, 0.2) is 40.8 Å². The molecule has 0 unspecified atom stereocenters. The SMILES string of the molecule is CCCNCc1ccc(COc2ccccc2CC)o1. The van der Waals surface area contributed by atoms with E-state index in [1.165, 1.54) is 5.56 Å². The summed E-state index contributed by atoms with van der Waals surface area (Å²) in [5.74, 6) is 2.77. The third-order valence-electron chi connectivity index (χ3n) is 3.17. The van der Waals surface area contributed by atoms with Crippen LogP contribution < -0.4 is 10.1 Å². The van der Waals surface area contributed by atoms with Crippen LogP contribution in [-0.4, -0.2) is 6.54 Å². The van der Waals surface area contributed by atoms with Gasteiger partial charge in [-0.2, -0.15) is 0 Å². The van der Waals surface area contributed by atoms with Gasteiger partial charge >= 0.3 is 0 Å². The molecule has 0 aliphatic heterocycles. The summed E-state index contributed by atoms with van der Waals surface area (Å²) in [5.41, 5.74) is 1.23. The largest absolute Gasteiger partial charge is 0.485 e. The summed E-state index contributed by atoms with van der Waals surface area (Å²) in [7, 11) is 0. The van der Waals surface area contributed by atoms with E-state index in [2.05, 4.69) is 25.2 Å². The van der Waals surface area contributed by atoms with Gasteiger partial charge in [0.1, 0.15) is 23.9 Å². The highest BCUT2D eigenvalue weighted by Crippen LogP contribution is 2.20. The normalized spacial score (nSPS) is 10.7. The third kappa shape index (κ3) is 4.14. The van der Waals surface area contributed by atoms with Crippen LogP contribution in [-0.2, 0) is 19.6 Å². The van der Waals surface area contributed by atoms with Gasteiger partial charge in [-0.05, 0) is 43.1 Å². The number of ether oxygens (including phenoxy) is 1. The first-order valence-corrected chi connectivity index (χ1v) is 7.32. The fourth-order valence-electron chi connectivity index (χ4n) is 2.07. The van der Waals surface area contributed by atoms with Crippen LogP contribution in [0.1, 0.15) is 37.4 Å². The number of para-hydroxylation sites is 1. The van der Waals surface area contributed by atoms with Crippen LogP contribution in [0.5, 0.6) is 5.75 Å². The van der Waals surface area contributed by atoms with E-state index in [1.54, 1.807) is 0 Å². The zero-order valence-corrected chi connectivity index (χ0v) is 12.3. The molecule has 3 heteroatoms. The van der Waals surface area contributed by atoms with E-state index in [0.29, 0.717) is 6.61 Å². The average Bonchev–Trinajstić information content (AvgIpc) is 2.93. The molecule has 1 heterocycles. The lowest BCUT2D eigenvalue weighted by Gasteiger charge is -2.08. The van der Waals surface area contributed by atoms with Gasteiger partial charge in [-0.1, -0.05) is 32.0 Å². The molecule has 0 aliphatic carbocycles. The maximum absolute atomic E-state index is 5.84. The van der Waals surface area contributed by atoms with Gasteiger partial charge in [0.05, 0.1) is 6.54 Å². The molecule has 1 aromatic heterocycles. The molecule has 2 rings (SSSR count). The fraction of sp³-hybridized carbons (Fsp3) is 0.412. The van der Waals surface area contributed by atoms with E-state index >= 15 is 0 Å². The van der Waals surface area contributed by atoms with Crippen molar-refractivity contribution >= 4 is 0 Å². The number of benzene rings is 1. The summed E-state index contributed by atoms with van der Waals surface area (Å²) in [6, 6.07) is 12.1. The van der Waals surface area contributed by atoms with Gasteiger partial charge in [-0.25, -0.2) is 0 Å². The lowest BCUT2D eigenvalue weighted by atomic mass is 10.1. The molecule has 1 aromatic carbocycles. The van der Waals surface area contributed by atoms with Crippen molar-refractivity contribution in [3.8, 4) is 5.75 Å². The maximum Gasteiger partial charge on any atom is 0.146 e. The van der Waals surface area contributed by atoms with Crippen LogP contribution in [0.3, 0.4) is 0 Å². The molecular weight excluding hydrogens is 250 g/mol. The van der Waals surface area contributed by atoms with Crippen LogP contribution in [0, 0.1) is 0 Å². The molecule has 2 aromatic rings. The first-order chi connectivity index (χ1) is 9.83.